The van der Waals surface area contributed by atoms with Gasteiger partial charge in [-0.2, -0.15) is 4.98 Å². The van der Waals surface area contributed by atoms with Crippen LogP contribution in [0.15, 0.2) is 12.4 Å². The third kappa shape index (κ3) is 2.14. The van der Waals surface area contributed by atoms with Gasteiger partial charge in [0.2, 0.25) is 5.88 Å². The Bertz CT molecular complexity index is 423. The smallest absolute Gasteiger partial charge is 0.234 e. The molecule has 98 valence electrons. The molecule has 3 rings (SSSR count). The summed E-state index contributed by atoms with van der Waals surface area (Å²) in [7, 11) is 0. The van der Waals surface area contributed by atoms with Crippen LogP contribution in [0.25, 0.3) is 0 Å². The number of aromatic nitrogens is 2. The minimum Gasteiger partial charge on any atom is -0.474 e. The van der Waals surface area contributed by atoms with Crippen molar-refractivity contribution in [3.63, 3.8) is 0 Å². The van der Waals surface area contributed by atoms with E-state index in [1.807, 2.05) is 20.0 Å². The van der Waals surface area contributed by atoms with Crippen LogP contribution in [0.1, 0.15) is 20.3 Å². The molecule has 0 aromatic carbocycles. The fraction of sp³-hybridized carbons (Fsp3) is 0.692. The van der Waals surface area contributed by atoms with Crippen LogP contribution < -0.4 is 15.0 Å². The van der Waals surface area contributed by atoms with Crippen LogP contribution >= 0.6 is 0 Å². The van der Waals surface area contributed by atoms with Crippen LogP contribution in [-0.4, -0.2) is 41.7 Å². The average molecular weight is 248 g/mol. The monoisotopic (exact) mass is 248 g/mol. The molecule has 1 aromatic heterocycles. The van der Waals surface area contributed by atoms with Crippen molar-refractivity contribution in [3.8, 4) is 5.88 Å². The first-order valence-corrected chi connectivity index (χ1v) is 6.70. The molecule has 2 aliphatic heterocycles. The van der Waals surface area contributed by atoms with Gasteiger partial charge in [0, 0.05) is 25.7 Å². The van der Waals surface area contributed by atoms with E-state index >= 15 is 0 Å². The van der Waals surface area contributed by atoms with Gasteiger partial charge >= 0.3 is 0 Å². The van der Waals surface area contributed by atoms with Crippen LogP contribution in [0.3, 0.4) is 0 Å². The summed E-state index contributed by atoms with van der Waals surface area (Å²) < 4.78 is 5.61. The lowest BCUT2D eigenvalue weighted by Crippen LogP contribution is -2.34. The third-order valence-corrected chi connectivity index (χ3v) is 3.70. The summed E-state index contributed by atoms with van der Waals surface area (Å²) in [4.78, 5) is 11.2. The van der Waals surface area contributed by atoms with Crippen LogP contribution in [0.4, 0.5) is 5.82 Å². The Morgan fingerprint density at radius 2 is 2.28 bits per heavy atom. The van der Waals surface area contributed by atoms with E-state index in [0.29, 0.717) is 11.9 Å². The zero-order chi connectivity index (χ0) is 12.5. The van der Waals surface area contributed by atoms with Crippen molar-refractivity contribution in [3.05, 3.63) is 12.4 Å². The van der Waals surface area contributed by atoms with Gasteiger partial charge in [-0.05, 0) is 26.2 Å². The van der Waals surface area contributed by atoms with Gasteiger partial charge in [-0.15, -0.1) is 0 Å². The largest absolute Gasteiger partial charge is 0.474 e. The maximum Gasteiger partial charge on any atom is 0.234 e. The predicted octanol–water partition coefficient (Wildman–Crippen LogP) is 1.06. The van der Waals surface area contributed by atoms with Crippen molar-refractivity contribution in [1.29, 1.82) is 0 Å². The molecule has 0 spiro atoms. The first kappa shape index (κ1) is 11.7. The van der Waals surface area contributed by atoms with E-state index in [-0.39, 0.29) is 6.10 Å². The summed E-state index contributed by atoms with van der Waals surface area (Å²) in [5.41, 5.74) is 0. The van der Waals surface area contributed by atoms with E-state index in [4.69, 9.17) is 4.74 Å². The molecule has 1 aromatic rings. The maximum atomic E-state index is 5.61. The Morgan fingerprint density at radius 1 is 1.39 bits per heavy atom. The van der Waals surface area contributed by atoms with E-state index in [1.165, 1.54) is 6.42 Å². The minimum atomic E-state index is 0.133. The summed E-state index contributed by atoms with van der Waals surface area (Å²) >= 11 is 0. The van der Waals surface area contributed by atoms with E-state index in [9.17, 15) is 0 Å². The summed E-state index contributed by atoms with van der Waals surface area (Å²) in [6, 6.07) is 0.577. The molecule has 0 unspecified atom stereocenters. The highest BCUT2D eigenvalue weighted by Gasteiger charge is 2.38. The topological polar surface area (TPSA) is 50.3 Å². The van der Waals surface area contributed by atoms with Crippen LogP contribution in [-0.2, 0) is 0 Å². The molecule has 0 saturated carbocycles. The lowest BCUT2D eigenvalue weighted by molar-refractivity contribution is 0.231. The fourth-order valence-corrected chi connectivity index (χ4v) is 2.91. The minimum absolute atomic E-state index is 0.133. The maximum absolute atomic E-state index is 5.61. The van der Waals surface area contributed by atoms with E-state index in [0.717, 1.165) is 31.4 Å². The molecule has 2 atom stereocenters. The Morgan fingerprint density at radius 3 is 3.11 bits per heavy atom. The molecule has 2 aliphatic rings. The highest BCUT2D eigenvalue weighted by molar-refractivity contribution is 5.41. The normalized spacial score (nSPS) is 26.7. The number of rotatable bonds is 3. The number of hydrogen-bond donors (Lipinski definition) is 1. The Labute approximate surface area is 108 Å². The van der Waals surface area contributed by atoms with E-state index < -0.39 is 0 Å². The SMILES string of the molecule is CC(C)Oc1cncc(N2CC[C@H]3CNC[C@H]32)n1. The van der Waals surface area contributed by atoms with Crippen molar-refractivity contribution >= 4 is 5.82 Å². The van der Waals surface area contributed by atoms with Crippen molar-refractivity contribution in [2.24, 2.45) is 5.92 Å². The van der Waals surface area contributed by atoms with Gasteiger partial charge in [-0.1, -0.05) is 0 Å². The van der Waals surface area contributed by atoms with Crippen LogP contribution in [0.5, 0.6) is 5.88 Å². The predicted molar refractivity (Wildman–Crippen MR) is 69.9 cm³/mol. The van der Waals surface area contributed by atoms with Gasteiger partial charge in [0.1, 0.15) is 0 Å². The van der Waals surface area contributed by atoms with Gasteiger partial charge in [0.25, 0.3) is 0 Å². The molecular formula is C13H20N4O. The Hall–Kier alpha value is -1.36. The van der Waals surface area contributed by atoms with Crippen LogP contribution in [0.2, 0.25) is 0 Å². The van der Waals surface area contributed by atoms with Crippen molar-refractivity contribution < 1.29 is 4.74 Å². The molecule has 5 heteroatoms. The summed E-state index contributed by atoms with van der Waals surface area (Å²) in [5.74, 6) is 2.34. The van der Waals surface area contributed by atoms with Gasteiger partial charge < -0.3 is 15.0 Å². The second-order valence-electron chi connectivity index (χ2n) is 5.35. The lowest BCUT2D eigenvalue weighted by atomic mass is 10.1. The molecule has 1 N–H and O–H groups in total. The highest BCUT2D eigenvalue weighted by atomic mass is 16.5. The zero-order valence-corrected chi connectivity index (χ0v) is 11.0. The number of fused-ring (bicyclic) bond motifs is 1. The third-order valence-electron chi connectivity index (χ3n) is 3.70. The van der Waals surface area contributed by atoms with Crippen molar-refractivity contribution in [2.75, 3.05) is 24.5 Å². The van der Waals surface area contributed by atoms with Crippen molar-refractivity contribution in [2.45, 2.75) is 32.4 Å². The second kappa shape index (κ2) is 4.72. The number of nitrogens with one attached hydrogen (secondary N) is 1. The molecule has 2 saturated heterocycles. The van der Waals surface area contributed by atoms with E-state index in [1.54, 1.807) is 6.20 Å². The second-order valence-corrected chi connectivity index (χ2v) is 5.35. The summed E-state index contributed by atoms with van der Waals surface area (Å²) in [6.45, 7) is 7.28. The van der Waals surface area contributed by atoms with Gasteiger partial charge in [0.15, 0.2) is 5.82 Å². The van der Waals surface area contributed by atoms with E-state index in [2.05, 4.69) is 20.2 Å². The highest BCUT2D eigenvalue weighted by Crippen LogP contribution is 2.31. The summed E-state index contributed by atoms with van der Waals surface area (Å²) in [5, 5.41) is 3.45. The van der Waals surface area contributed by atoms with Gasteiger partial charge in [0.05, 0.1) is 18.5 Å². The number of anilines is 1. The zero-order valence-electron chi connectivity index (χ0n) is 11.0. The summed E-state index contributed by atoms with van der Waals surface area (Å²) in [6.07, 6.45) is 4.90. The van der Waals surface area contributed by atoms with Gasteiger partial charge in [-0.3, -0.25) is 4.98 Å². The molecule has 0 radical (unpaired) electrons. The Kier molecular flexibility index (Phi) is 3.07. The van der Waals surface area contributed by atoms with Crippen molar-refractivity contribution in [1.82, 2.24) is 15.3 Å². The van der Waals surface area contributed by atoms with Gasteiger partial charge in [-0.25, -0.2) is 0 Å². The number of nitrogens with zero attached hydrogens (tertiary/aromatic N) is 3. The molecule has 0 aliphatic carbocycles. The fourth-order valence-electron chi connectivity index (χ4n) is 2.91. The first-order chi connectivity index (χ1) is 8.74. The quantitative estimate of drug-likeness (QED) is 0.867. The average Bonchev–Trinajstić information content (AvgIpc) is 2.89. The Balaban J connectivity index is 1.79. The number of ether oxygens (including phenoxy) is 1. The number of hydrogen-bond acceptors (Lipinski definition) is 5. The molecule has 0 bridgehead atoms. The molecule has 5 nitrogen and oxygen atoms in total. The molecule has 2 fully saturated rings. The molecule has 0 amide bonds. The molecular weight excluding hydrogens is 228 g/mol. The lowest BCUT2D eigenvalue weighted by Gasteiger charge is -2.24. The van der Waals surface area contributed by atoms with Crippen LogP contribution in [0, 0.1) is 5.92 Å². The standard InChI is InChI=1S/C13H20N4O/c1-9(2)18-13-8-15-7-12(16-13)17-4-3-10-5-14-6-11(10)17/h7-11,14H,3-6H2,1-2H3/t10-,11+/m0/s1. The molecule has 18 heavy (non-hydrogen) atoms. The molecule has 3 heterocycles. The first-order valence-electron chi connectivity index (χ1n) is 6.70.